The first-order chi connectivity index (χ1) is 8.25. The molecule has 1 aliphatic rings. The van der Waals surface area contributed by atoms with Gasteiger partial charge in [0.25, 0.3) is 0 Å². The van der Waals surface area contributed by atoms with Crippen LogP contribution in [0.25, 0.3) is 0 Å². The smallest absolute Gasteiger partial charge is 0.238 e. The quantitative estimate of drug-likeness (QED) is 0.924. The van der Waals surface area contributed by atoms with E-state index in [9.17, 15) is 4.79 Å². The van der Waals surface area contributed by atoms with Crippen molar-refractivity contribution in [3.05, 3.63) is 28.7 Å². The molecule has 0 radical (unpaired) electrons. The molecule has 1 aliphatic heterocycles. The van der Waals surface area contributed by atoms with Crippen molar-refractivity contribution >= 4 is 27.5 Å². The number of ether oxygens (including phenoxy) is 1. The fraction of sp³-hybridized carbons (Fsp3) is 0.417. The Balaban J connectivity index is 1.86. The number of halogens is 1. The maximum atomic E-state index is 11.8. The number of rotatable bonds is 3. The van der Waals surface area contributed by atoms with Crippen molar-refractivity contribution in [2.24, 2.45) is 0 Å². The van der Waals surface area contributed by atoms with Crippen LogP contribution in [0.1, 0.15) is 0 Å². The van der Waals surface area contributed by atoms with Gasteiger partial charge in [-0.3, -0.25) is 9.69 Å². The number of carbonyl (C=O) groups is 1. The van der Waals surface area contributed by atoms with Gasteiger partial charge in [-0.1, -0.05) is 12.1 Å². The Bertz CT molecular complexity index is 392. The Morgan fingerprint density at radius 1 is 1.35 bits per heavy atom. The molecule has 0 aliphatic carbocycles. The number of nitrogens with one attached hydrogen (secondary N) is 1. The monoisotopic (exact) mass is 298 g/mol. The number of hydrogen-bond acceptors (Lipinski definition) is 3. The molecule has 1 aromatic rings. The lowest BCUT2D eigenvalue weighted by Crippen LogP contribution is -2.41. The second-order valence-electron chi connectivity index (χ2n) is 3.92. The van der Waals surface area contributed by atoms with Gasteiger partial charge in [0.2, 0.25) is 5.91 Å². The van der Waals surface area contributed by atoms with Gasteiger partial charge in [0.05, 0.1) is 25.4 Å². The van der Waals surface area contributed by atoms with Crippen molar-refractivity contribution in [3.8, 4) is 0 Å². The Kier molecular flexibility index (Phi) is 4.53. The van der Waals surface area contributed by atoms with Crippen LogP contribution in [-0.2, 0) is 9.53 Å². The number of amides is 1. The van der Waals surface area contributed by atoms with E-state index in [0.29, 0.717) is 19.8 Å². The molecule has 0 spiro atoms. The van der Waals surface area contributed by atoms with Crippen LogP contribution in [0.4, 0.5) is 5.69 Å². The Labute approximate surface area is 109 Å². The summed E-state index contributed by atoms with van der Waals surface area (Å²) < 4.78 is 6.14. The summed E-state index contributed by atoms with van der Waals surface area (Å²) in [6.07, 6.45) is 0. The standard InChI is InChI=1S/C12H15BrN2O2/c13-10-3-1-2-4-11(10)14-12(16)9-15-5-7-17-8-6-15/h1-4H,5-9H2,(H,14,16). The molecule has 4 nitrogen and oxygen atoms in total. The van der Waals surface area contributed by atoms with E-state index in [4.69, 9.17) is 4.74 Å². The van der Waals surface area contributed by atoms with Crippen LogP contribution in [-0.4, -0.2) is 43.7 Å². The first kappa shape index (κ1) is 12.5. The molecule has 1 aromatic carbocycles. The van der Waals surface area contributed by atoms with E-state index in [2.05, 4.69) is 26.1 Å². The van der Waals surface area contributed by atoms with Crippen molar-refractivity contribution in [2.45, 2.75) is 0 Å². The number of anilines is 1. The molecule has 1 amide bonds. The normalized spacial score (nSPS) is 16.8. The van der Waals surface area contributed by atoms with Crippen LogP contribution >= 0.6 is 15.9 Å². The van der Waals surface area contributed by atoms with E-state index < -0.39 is 0 Å². The number of hydrogen-bond donors (Lipinski definition) is 1. The summed E-state index contributed by atoms with van der Waals surface area (Å²) in [5, 5.41) is 2.89. The van der Waals surface area contributed by atoms with Crippen LogP contribution in [0.3, 0.4) is 0 Å². The lowest BCUT2D eigenvalue weighted by molar-refractivity contribution is -0.118. The summed E-state index contributed by atoms with van der Waals surface area (Å²) in [5.41, 5.74) is 0.811. The van der Waals surface area contributed by atoms with Crippen LogP contribution in [0.5, 0.6) is 0 Å². The van der Waals surface area contributed by atoms with Gasteiger partial charge in [-0.05, 0) is 28.1 Å². The Morgan fingerprint density at radius 3 is 2.76 bits per heavy atom. The molecule has 0 saturated carbocycles. The van der Waals surface area contributed by atoms with E-state index in [0.717, 1.165) is 23.2 Å². The van der Waals surface area contributed by atoms with Gasteiger partial charge < -0.3 is 10.1 Å². The molecule has 5 heteroatoms. The van der Waals surface area contributed by atoms with E-state index in [-0.39, 0.29) is 5.91 Å². The third-order valence-corrected chi connectivity index (χ3v) is 3.31. The molecule has 1 fully saturated rings. The molecule has 1 heterocycles. The molecule has 17 heavy (non-hydrogen) atoms. The molecule has 0 atom stereocenters. The van der Waals surface area contributed by atoms with Gasteiger partial charge in [0.15, 0.2) is 0 Å². The average molecular weight is 299 g/mol. The fourth-order valence-corrected chi connectivity index (χ4v) is 2.10. The second-order valence-corrected chi connectivity index (χ2v) is 4.77. The zero-order chi connectivity index (χ0) is 12.1. The highest BCUT2D eigenvalue weighted by atomic mass is 79.9. The van der Waals surface area contributed by atoms with E-state index >= 15 is 0 Å². The number of benzene rings is 1. The van der Waals surface area contributed by atoms with E-state index in [1.165, 1.54) is 0 Å². The van der Waals surface area contributed by atoms with E-state index in [1.807, 2.05) is 24.3 Å². The van der Waals surface area contributed by atoms with Gasteiger partial charge in [0, 0.05) is 17.6 Å². The average Bonchev–Trinajstić information content (AvgIpc) is 2.33. The summed E-state index contributed by atoms with van der Waals surface area (Å²) >= 11 is 3.40. The van der Waals surface area contributed by atoms with Crippen molar-refractivity contribution in [2.75, 3.05) is 38.2 Å². The molecule has 0 unspecified atom stereocenters. The van der Waals surface area contributed by atoms with Crippen LogP contribution < -0.4 is 5.32 Å². The summed E-state index contributed by atoms with van der Waals surface area (Å²) in [6.45, 7) is 3.49. The molecule has 2 rings (SSSR count). The minimum atomic E-state index is 0.0128. The molecular weight excluding hydrogens is 284 g/mol. The van der Waals surface area contributed by atoms with Crippen LogP contribution in [0, 0.1) is 0 Å². The third kappa shape index (κ3) is 3.80. The Morgan fingerprint density at radius 2 is 2.06 bits per heavy atom. The van der Waals surface area contributed by atoms with Crippen LogP contribution in [0.2, 0.25) is 0 Å². The maximum absolute atomic E-state index is 11.8. The summed E-state index contributed by atoms with van der Waals surface area (Å²) in [4.78, 5) is 13.9. The number of morpholine rings is 1. The fourth-order valence-electron chi connectivity index (χ4n) is 1.71. The number of para-hydroxylation sites is 1. The van der Waals surface area contributed by atoms with Crippen molar-refractivity contribution in [1.82, 2.24) is 4.90 Å². The van der Waals surface area contributed by atoms with Crippen molar-refractivity contribution in [1.29, 1.82) is 0 Å². The van der Waals surface area contributed by atoms with Crippen molar-refractivity contribution < 1.29 is 9.53 Å². The minimum Gasteiger partial charge on any atom is -0.379 e. The van der Waals surface area contributed by atoms with Gasteiger partial charge >= 0.3 is 0 Å². The first-order valence-corrected chi connectivity index (χ1v) is 6.39. The highest BCUT2D eigenvalue weighted by Crippen LogP contribution is 2.20. The lowest BCUT2D eigenvalue weighted by Gasteiger charge is -2.25. The zero-order valence-electron chi connectivity index (χ0n) is 9.49. The van der Waals surface area contributed by atoms with Gasteiger partial charge in [-0.2, -0.15) is 0 Å². The van der Waals surface area contributed by atoms with E-state index in [1.54, 1.807) is 0 Å². The number of carbonyl (C=O) groups excluding carboxylic acids is 1. The molecule has 0 aromatic heterocycles. The second kappa shape index (κ2) is 6.14. The number of nitrogens with zero attached hydrogens (tertiary/aromatic N) is 1. The molecule has 1 saturated heterocycles. The zero-order valence-corrected chi connectivity index (χ0v) is 11.1. The maximum Gasteiger partial charge on any atom is 0.238 e. The minimum absolute atomic E-state index is 0.0128. The summed E-state index contributed by atoms with van der Waals surface area (Å²) in [7, 11) is 0. The topological polar surface area (TPSA) is 41.6 Å². The lowest BCUT2D eigenvalue weighted by atomic mass is 10.3. The predicted octanol–water partition coefficient (Wildman–Crippen LogP) is 1.72. The molecule has 0 bridgehead atoms. The van der Waals surface area contributed by atoms with Gasteiger partial charge in [-0.15, -0.1) is 0 Å². The van der Waals surface area contributed by atoms with Crippen molar-refractivity contribution in [3.63, 3.8) is 0 Å². The van der Waals surface area contributed by atoms with Gasteiger partial charge in [0.1, 0.15) is 0 Å². The Hall–Kier alpha value is -0.910. The molecule has 92 valence electrons. The summed E-state index contributed by atoms with van der Waals surface area (Å²) in [5.74, 6) is 0.0128. The SMILES string of the molecule is O=C(CN1CCOCC1)Nc1ccccc1Br. The highest BCUT2D eigenvalue weighted by molar-refractivity contribution is 9.10. The largest absolute Gasteiger partial charge is 0.379 e. The molecule has 1 N–H and O–H groups in total. The third-order valence-electron chi connectivity index (χ3n) is 2.62. The summed E-state index contributed by atoms with van der Waals surface area (Å²) in [6, 6.07) is 7.60. The first-order valence-electron chi connectivity index (χ1n) is 5.60. The molecular formula is C12H15BrN2O2. The van der Waals surface area contributed by atoms with Gasteiger partial charge in [-0.25, -0.2) is 0 Å². The van der Waals surface area contributed by atoms with Crippen LogP contribution in [0.15, 0.2) is 28.7 Å². The highest BCUT2D eigenvalue weighted by Gasteiger charge is 2.14. The predicted molar refractivity (Wildman–Crippen MR) is 70.0 cm³/mol.